The van der Waals surface area contributed by atoms with Gasteiger partial charge in [-0.1, -0.05) is 11.6 Å². The van der Waals surface area contributed by atoms with Crippen LogP contribution in [-0.2, 0) is 0 Å². The quantitative estimate of drug-likeness (QED) is 0.495. The van der Waals surface area contributed by atoms with Crippen molar-refractivity contribution in [2.45, 2.75) is 6.92 Å². The van der Waals surface area contributed by atoms with Gasteiger partial charge in [-0.05, 0) is 25.1 Å². The van der Waals surface area contributed by atoms with E-state index in [1.807, 2.05) is 0 Å². The fourth-order valence-electron chi connectivity index (χ4n) is 1.81. The number of anilines is 3. The standard InChI is InChI=1S/C14H14ClN3O3/c1-2-21-12-7-10(6-11(8-12)18(19)20)17-14-5-9(16)3-4-13(14)15/h3-8,17H,2,16H2,1H3. The fraction of sp³-hybridized carbons (Fsp3) is 0.143. The minimum Gasteiger partial charge on any atom is -0.494 e. The zero-order valence-electron chi connectivity index (χ0n) is 11.3. The lowest BCUT2D eigenvalue weighted by Gasteiger charge is -2.11. The Morgan fingerprint density at radius 3 is 2.76 bits per heavy atom. The highest BCUT2D eigenvalue weighted by Gasteiger charge is 2.11. The number of non-ortho nitro benzene ring substituents is 1. The number of nitrogens with two attached hydrogens (primary N) is 1. The summed E-state index contributed by atoms with van der Waals surface area (Å²) < 4.78 is 5.33. The van der Waals surface area contributed by atoms with Crippen LogP contribution < -0.4 is 15.8 Å². The van der Waals surface area contributed by atoms with Crippen molar-refractivity contribution in [2.75, 3.05) is 17.7 Å². The molecule has 110 valence electrons. The topological polar surface area (TPSA) is 90.4 Å². The van der Waals surface area contributed by atoms with Gasteiger partial charge < -0.3 is 15.8 Å². The van der Waals surface area contributed by atoms with Crippen LogP contribution in [0.1, 0.15) is 6.92 Å². The molecule has 0 aromatic heterocycles. The number of nitrogens with zero attached hydrogens (tertiary/aromatic N) is 1. The number of benzene rings is 2. The highest BCUT2D eigenvalue weighted by molar-refractivity contribution is 6.33. The molecule has 2 aromatic rings. The SMILES string of the molecule is CCOc1cc(Nc2cc(N)ccc2Cl)cc([N+](=O)[O-])c1. The van der Waals surface area contributed by atoms with E-state index < -0.39 is 4.92 Å². The molecule has 2 aromatic carbocycles. The van der Waals surface area contributed by atoms with E-state index in [-0.39, 0.29) is 5.69 Å². The molecule has 0 spiro atoms. The first-order valence-electron chi connectivity index (χ1n) is 6.24. The molecule has 0 amide bonds. The van der Waals surface area contributed by atoms with Gasteiger partial charge in [0.1, 0.15) is 5.75 Å². The first-order chi connectivity index (χ1) is 9.99. The molecule has 3 N–H and O–H groups in total. The second kappa shape index (κ2) is 6.32. The van der Waals surface area contributed by atoms with Crippen LogP contribution in [0.15, 0.2) is 36.4 Å². The largest absolute Gasteiger partial charge is 0.494 e. The zero-order chi connectivity index (χ0) is 15.4. The third-order valence-corrected chi connectivity index (χ3v) is 3.01. The summed E-state index contributed by atoms with van der Waals surface area (Å²) in [5, 5.41) is 14.4. The van der Waals surface area contributed by atoms with Crippen LogP contribution in [0, 0.1) is 10.1 Å². The number of hydrogen-bond donors (Lipinski definition) is 2. The molecule has 0 unspecified atom stereocenters. The van der Waals surface area contributed by atoms with E-state index in [1.54, 1.807) is 31.2 Å². The van der Waals surface area contributed by atoms with Crippen LogP contribution in [0.3, 0.4) is 0 Å². The summed E-state index contributed by atoms with van der Waals surface area (Å²) in [5.74, 6) is 0.411. The van der Waals surface area contributed by atoms with Crippen molar-refractivity contribution in [1.29, 1.82) is 0 Å². The predicted molar refractivity (Wildman–Crippen MR) is 83.4 cm³/mol. The summed E-state index contributed by atoms with van der Waals surface area (Å²) in [7, 11) is 0. The number of nitrogen functional groups attached to an aromatic ring is 1. The van der Waals surface area contributed by atoms with Gasteiger partial charge in [0.15, 0.2) is 0 Å². The van der Waals surface area contributed by atoms with E-state index in [1.165, 1.54) is 12.1 Å². The molecule has 0 saturated heterocycles. The zero-order valence-corrected chi connectivity index (χ0v) is 12.1. The highest BCUT2D eigenvalue weighted by Crippen LogP contribution is 2.31. The molecule has 7 heteroatoms. The Kier molecular flexibility index (Phi) is 4.49. The van der Waals surface area contributed by atoms with Crippen LogP contribution in [0.25, 0.3) is 0 Å². The third kappa shape index (κ3) is 3.76. The van der Waals surface area contributed by atoms with Gasteiger partial charge in [-0.15, -0.1) is 0 Å². The molecule has 0 aliphatic rings. The molecule has 0 atom stereocenters. The minimum absolute atomic E-state index is 0.0662. The van der Waals surface area contributed by atoms with Crippen molar-refractivity contribution in [2.24, 2.45) is 0 Å². The van der Waals surface area contributed by atoms with Crippen LogP contribution in [0.5, 0.6) is 5.75 Å². The molecule has 0 bridgehead atoms. The van der Waals surface area contributed by atoms with E-state index in [0.717, 1.165) is 0 Å². The average Bonchev–Trinajstić information content (AvgIpc) is 2.43. The molecule has 0 heterocycles. The number of nitro benzene ring substituents is 1. The molecule has 0 aliphatic carbocycles. The smallest absolute Gasteiger partial charge is 0.275 e. The predicted octanol–water partition coefficient (Wildman–Crippen LogP) is 3.97. The van der Waals surface area contributed by atoms with Crippen LogP contribution in [0.2, 0.25) is 5.02 Å². The van der Waals surface area contributed by atoms with Gasteiger partial charge in [0.2, 0.25) is 0 Å². The van der Waals surface area contributed by atoms with Gasteiger partial charge in [-0.2, -0.15) is 0 Å². The molecule has 0 aliphatic heterocycles. The highest BCUT2D eigenvalue weighted by atomic mass is 35.5. The van der Waals surface area contributed by atoms with E-state index in [0.29, 0.717) is 34.4 Å². The molecule has 0 radical (unpaired) electrons. The van der Waals surface area contributed by atoms with Crippen molar-refractivity contribution in [3.63, 3.8) is 0 Å². The lowest BCUT2D eigenvalue weighted by atomic mass is 10.2. The minimum atomic E-state index is -0.478. The molecule has 0 saturated carbocycles. The lowest BCUT2D eigenvalue weighted by Crippen LogP contribution is -1.98. The van der Waals surface area contributed by atoms with E-state index >= 15 is 0 Å². The maximum Gasteiger partial charge on any atom is 0.275 e. The van der Waals surface area contributed by atoms with Crippen molar-refractivity contribution in [1.82, 2.24) is 0 Å². The van der Waals surface area contributed by atoms with Crippen LogP contribution >= 0.6 is 11.6 Å². The number of nitrogens with one attached hydrogen (secondary N) is 1. The monoisotopic (exact) mass is 307 g/mol. The fourth-order valence-corrected chi connectivity index (χ4v) is 1.97. The van der Waals surface area contributed by atoms with Crippen molar-refractivity contribution < 1.29 is 9.66 Å². The third-order valence-electron chi connectivity index (χ3n) is 2.68. The summed E-state index contributed by atoms with van der Waals surface area (Å²) in [5.41, 5.74) is 7.25. The number of ether oxygens (including phenoxy) is 1. The molecule has 0 fully saturated rings. The Hall–Kier alpha value is -2.47. The second-order valence-electron chi connectivity index (χ2n) is 4.27. The first-order valence-corrected chi connectivity index (χ1v) is 6.61. The summed E-state index contributed by atoms with van der Waals surface area (Å²) in [4.78, 5) is 10.5. The number of rotatable bonds is 5. The maximum atomic E-state index is 11.0. The molecule has 6 nitrogen and oxygen atoms in total. The first kappa shape index (κ1) is 14.9. The van der Waals surface area contributed by atoms with Gasteiger partial charge in [0, 0.05) is 23.5 Å². The average molecular weight is 308 g/mol. The maximum absolute atomic E-state index is 11.0. The second-order valence-corrected chi connectivity index (χ2v) is 4.68. The van der Waals surface area contributed by atoms with Crippen LogP contribution in [-0.4, -0.2) is 11.5 Å². The number of nitro groups is 1. The molecular weight excluding hydrogens is 294 g/mol. The van der Waals surface area contributed by atoms with Crippen molar-refractivity contribution >= 4 is 34.4 Å². The summed E-state index contributed by atoms with van der Waals surface area (Å²) in [6.45, 7) is 2.22. The molecule has 2 rings (SSSR count). The van der Waals surface area contributed by atoms with Gasteiger partial charge in [-0.25, -0.2) is 0 Å². The summed E-state index contributed by atoms with van der Waals surface area (Å²) in [6, 6.07) is 9.42. The Morgan fingerprint density at radius 2 is 2.10 bits per heavy atom. The summed E-state index contributed by atoms with van der Waals surface area (Å²) in [6.07, 6.45) is 0. The Morgan fingerprint density at radius 1 is 1.33 bits per heavy atom. The van der Waals surface area contributed by atoms with Gasteiger partial charge in [-0.3, -0.25) is 10.1 Å². The summed E-state index contributed by atoms with van der Waals surface area (Å²) >= 11 is 6.07. The Labute approximate surface area is 126 Å². The van der Waals surface area contributed by atoms with E-state index in [4.69, 9.17) is 22.1 Å². The lowest BCUT2D eigenvalue weighted by molar-refractivity contribution is -0.384. The normalized spacial score (nSPS) is 10.2. The van der Waals surface area contributed by atoms with Gasteiger partial charge >= 0.3 is 0 Å². The van der Waals surface area contributed by atoms with Crippen molar-refractivity contribution in [3.05, 3.63) is 51.5 Å². The van der Waals surface area contributed by atoms with E-state index in [9.17, 15) is 10.1 Å². The van der Waals surface area contributed by atoms with Gasteiger partial charge in [0.05, 0.1) is 28.3 Å². The van der Waals surface area contributed by atoms with Crippen molar-refractivity contribution in [3.8, 4) is 5.75 Å². The number of hydrogen-bond acceptors (Lipinski definition) is 5. The Balaban J connectivity index is 2.38. The molecule has 21 heavy (non-hydrogen) atoms. The number of halogens is 1. The van der Waals surface area contributed by atoms with E-state index in [2.05, 4.69) is 5.32 Å². The van der Waals surface area contributed by atoms with Gasteiger partial charge in [0.25, 0.3) is 5.69 Å². The molecular formula is C14H14ClN3O3. The van der Waals surface area contributed by atoms with Crippen LogP contribution in [0.4, 0.5) is 22.7 Å². The Bertz CT molecular complexity index is 677.